The molecule has 0 aromatic heterocycles. The number of primary amides is 1. The van der Waals surface area contributed by atoms with Gasteiger partial charge in [-0.1, -0.05) is 13.3 Å². The van der Waals surface area contributed by atoms with Gasteiger partial charge in [-0.3, -0.25) is 4.79 Å². The van der Waals surface area contributed by atoms with Crippen molar-refractivity contribution in [2.45, 2.75) is 32.6 Å². The lowest BCUT2D eigenvalue weighted by Crippen LogP contribution is -2.32. The molecule has 58 valence electrons. The molecule has 1 fully saturated rings. The lowest BCUT2D eigenvalue weighted by molar-refractivity contribution is -0.124. The van der Waals surface area contributed by atoms with Crippen LogP contribution >= 0.6 is 0 Å². The minimum absolute atomic E-state index is 0.104. The van der Waals surface area contributed by atoms with Crippen LogP contribution in [0.4, 0.5) is 0 Å². The summed E-state index contributed by atoms with van der Waals surface area (Å²) in [6.45, 7) is 2.04. The first-order valence-electron chi connectivity index (χ1n) is 4.05. The van der Waals surface area contributed by atoms with E-state index in [2.05, 4.69) is 0 Å². The normalized spacial score (nSPS) is 21.7. The van der Waals surface area contributed by atoms with E-state index in [0.717, 1.165) is 6.42 Å². The van der Waals surface area contributed by atoms with E-state index in [1.807, 2.05) is 6.92 Å². The zero-order valence-electron chi connectivity index (χ0n) is 6.47. The molecule has 1 atom stereocenters. The molecule has 0 aromatic rings. The lowest BCUT2D eigenvalue weighted by Gasteiger charge is -2.30. The summed E-state index contributed by atoms with van der Waals surface area (Å²) in [5, 5.41) is 0. The van der Waals surface area contributed by atoms with Gasteiger partial charge in [-0.05, 0) is 25.2 Å². The SMILES string of the molecule is CCC(C(N)=O)C1CCC1. The zero-order valence-corrected chi connectivity index (χ0v) is 6.47. The van der Waals surface area contributed by atoms with Gasteiger partial charge in [0.05, 0.1) is 0 Å². The first kappa shape index (κ1) is 7.58. The van der Waals surface area contributed by atoms with Crippen molar-refractivity contribution in [3.63, 3.8) is 0 Å². The van der Waals surface area contributed by atoms with E-state index in [4.69, 9.17) is 5.73 Å². The standard InChI is InChI=1S/C8H15NO/c1-2-7(8(9)10)6-4-3-5-6/h6-7H,2-5H2,1H3,(H2,9,10). The second-order valence-electron chi connectivity index (χ2n) is 3.11. The molecule has 2 nitrogen and oxygen atoms in total. The molecule has 0 radical (unpaired) electrons. The summed E-state index contributed by atoms with van der Waals surface area (Å²) in [6, 6.07) is 0. The molecular formula is C8H15NO. The van der Waals surface area contributed by atoms with Crippen molar-refractivity contribution in [2.75, 3.05) is 0 Å². The van der Waals surface area contributed by atoms with Gasteiger partial charge in [-0.15, -0.1) is 0 Å². The van der Waals surface area contributed by atoms with Crippen LogP contribution in [0, 0.1) is 11.8 Å². The Kier molecular flexibility index (Phi) is 2.30. The molecule has 1 aliphatic rings. The van der Waals surface area contributed by atoms with Crippen molar-refractivity contribution in [2.24, 2.45) is 17.6 Å². The highest BCUT2D eigenvalue weighted by Gasteiger charge is 2.29. The van der Waals surface area contributed by atoms with Crippen LogP contribution in [0.1, 0.15) is 32.6 Å². The monoisotopic (exact) mass is 141 g/mol. The van der Waals surface area contributed by atoms with Crippen molar-refractivity contribution in [1.29, 1.82) is 0 Å². The average Bonchev–Trinajstić information content (AvgIpc) is 1.76. The van der Waals surface area contributed by atoms with Gasteiger partial charge in [0.25, 0.3) is 0 Å². The van der Waals surface area contributed by atoms with Gasteiger partial charge >= 0.3 is 0 Å². The van der Waals surface area contributed by atoms with Crippen LogP contribution in [0.5, 0.6) is 0 Å². The maximum atomic E-state index is 10.8. The molecule has 0 saturated heterocycles. The van der Waals surface area contributed by atoms with Crippen LogP contribution in [0.2, 0.25) is 0 Å². The summed E-state index contributed by atoms with van der Waals surface area (Å²) in [5.41, 5.74) is 5.22. The average molecular weight is 141 g/mol. The second kappa shape index (κ2) is 3.04. The van der Waals surface area contributed by atoms with E-state index in [-0.39, 0.29) is 11.8 Å². The van der Waals surface area contributed by atoms with Crippen LogP contribution in [0.3, 0.4) is 0 Å². The molecule has 1 amide bonds. The Labute approximate surface area is 61.8 Å². The Bertz CT molecular complexity index is 129. The largest absolute Gasteiger partial charge is 0.369 e. The first-order valence-corrected chi connectivity index (χ1v) is 4.05. The van der Waals surface area contributed by atoms with E-state index in [9.17, 15) is 4.79 Å². The van der Waals surface area contributed by atoms with Gasteiger partial charge in [0.2, 0.25) is 5.91 Å². The first-order chi connectivity index (χ1) is 4.75. The highest BCUT2D eigenvalue weighted by molar-refractivity contribution is 5.76. The maximum absolute atomic E-state index is 10.8. The number of hydrogen-bond donors (Lipinski definition) is 1. The van der Waals surface area contributed by atoms with E-state index in [1.165, 1.54) is 19.3 Å². The number of carbonyl (C=O) groups excluding carboxylic acids is 1. The highest BCUT2D eigenvalue weighted by atomic mass is 16.1. The van der Waals surface area contributed by atoms with E-state index < -0.39 is 0 Å². The Hall–Kier alpha value is -0.530. The van der Waals surface area contributed by atoms with Gasteiger partial charge in [-0.25, -0.2) is 0 Å². The fourth-order valence-electron chi connectivity index (χ4n) is 1.61. The Morgan fingerprint density at radius 3 is 2.40 bits per heavy atom. The van der Waals surface area contributed by atoms with E-state index >= 15 is 0 Å². The number of carbonyl (C=O) groups is 1. The van der Waals surface area contributed by atoms with Crippen molar-refractivity contribution in [3.8, 4) is 0 Å². The highest BCUT2D eigenvalue weighted by Crippen LogP contribution is 2.34. The minimum Gasteiger partial charge on any atom is -0.369 e. The zero-order chi connectivity index (χ0) is 7.56. The lowest BCUT2D eigenvalue weighted by atomic mass is 9.74. The summed E-state index contributed by atoms with van der Waals surface area (Å²) in [4.78, 5) is 10.8. The number of nitrogens with two attached hydrogens (primary N) is 1. The van der Waals surface area contributed by atoms with Crippen LogP contribution < -0.4 is 5.73 Å². The van der Waals surface area contributed by atoms with Gasteiger partial charge < -0.3 is 5.73 Å². The molecule has 10 heavy (non-hydrogen) atoms. The quantitative estimate of drug-likeness (QED) is 0.632. The summed E-state index contributed by atoms with van der Waals surface area (Å²) < 4.78 is 0. The predicted molar refractivity (Wildman–Crippen MR) is 40.3 cm³/mol. The van der Waals surface area contributed by atoms with Gasteiger partial charge in [-0.2, -0.15) is 0 Å². The molecule has 0 bridgehead atoms. The van der Waals surface area contributed by atoms with Crippen LogP contribution in [0.25, 0.3) is 0 Å². The summed E-state index contributed by atoms with van der Waals surface area (Å²) >= 11 is 0. The predicted octanol–water partition coefficient (Wildman–Crippen LogP) is 1.30. The Morgan fingerprint density at radius 2 is 2.30 bits per heavy atom. The van der Waals surface area contributed by atoms with Crippen molar-refractivity contribution >= 4 is 5.91 Å². The van der Waals surface area contributed by atoms with E-state index in [1.54, 1.807) is 0 Å². The molecule has 2 N–H and O–H groups in total. The molecule has 0 aliphatic heterocycles. The van der Waals surface area contributed by atoms with Crippen LogP contribution in [0.15, 0.2) is 0 Å². The molecular weight excluding hydrogens is 126 g/mol. The molecule has 1 unspecified atom stereocenters. The number of rotatable bonds is 3. The third-order valence-electron chi connectivity index (χ3n) is 2.52. The molecule has 1 aliphatic carbocycles. The Balaban J connectivity index is 2.39. The van der Waals surface area contributed by atoms with Crippen LogP contribution in [-0.4, -0.2) is 5.91 Å². The number of hydrogen-bond acceptors (Lipinski definition) is 1. The van der Waals surface area contributed by atoms with Crippen molar-refractivity contribution in [1.82, 2.24) is 0 Å². The third-order valence-corrected chi connectivity index (χ3v) is 2.52. The van der Waals surface area contributed by atoms with E-state index in [0.29, 0.717) is 5.92 Å². The fourth-order valence-corrected chi connectivity index (χ4v) is 1.61. The smallest absolute Gasteiger partial charge is 0.220 e. The summed E-state index contributed by atoms with van der Waals surface area (Å²) in [6.07, 6.45) is 4.62. The van der Waals surface area contributed by atoms with Crippen LogP contribution in [-0.2, 0) is 4.79 Å². The molecule has 0 spiro atoms. The summed E-state index contributed by atoms with van der Waals surface area (Å²) in [7, 11) is 0. The van der Waals surface area contributed by atoms with Gasteiger partial charge in [0.1, 0.15) is 0 Å². The summed E-state index contributed by atoms with van der Waals surface area (Å²) in [5.74, 6) is 0.670. The third kappa shape index (κ3) is 1.31. The second-order valence-corrected chi connectivity index (χ2v) is 3.11. The van der Waals surface area contributed by atoms with Gasteiger partial charge in [0, 0.05) is 5.92 Å². The molecule has 2 heteroatoms. The fraction of sp³-hybridized carbons (Fsp3) is 0.875. The van der Waals surface area contributed by atoms with Crippen molar-refractivity contribution < 1.29 is 4.79 Å². The van der Waals surface area contributed by atoms with Crippen molar-refractivity contribution in [3.05, 3.63) is 0 Å². The Morgan fingerprint density at radius 1 is 1.70 bits per heavy atom. The molecule has 0 aromatic carbocycles. The topological polar surface area (TPSA) is 43.1 Å². The number of amides is 1. The van der Waals surface area contributed by atoms with Gasteiger partial charge in [0.15, 0.2) is 0 Å². The molecule has 1 rings (SSSR count). The minimum atomic E-state index is -0.104. The maximum Gasteiger partial charge on any atom is 0.220 e. The molecule has 0 heterocycles. The molecule has 1 saturated carbocycles.